The van der Waals surface area contributed by atoms with Crippen LogP contribution in [-0.2, 0) is 11.2 Å². The molecule has 1 aromatic rings. The Morgan fingerprint density at radius 1 is 1.20 bits per heavy atom. The predicted molar refractivity (Wildman–Crippen MR) is 77.7 cm³/mol. The topological polar surface area (TPSA) is 37.3 Å². The number of carbonyl (C=O) groups excluding carboxylic acids is 1. The fraction of sp³-hybridized carbons (Fsp3) is 0.611. The number of hydrogen-bond acceptors (Lipinski definition) is 2. The summed E-state index contributed by atoms with van der Waals surface area (Å²) in [5.74, 6) is 2.78. The van der Waals surface area contributed by atoms with Gasteiger partial charge in [-0.1, -0.05) is 13.0 Å². The van der Waals surface area contributed by atoms with E-state index >= 15 is 0 Å². The van der Waals surface area contributed by atoms with E-state index in [4.69, 9.17) is 0 Å². The van der Waals surface area contributed by atoms with E-state index in [2.05, 4.69) is 13.0 Å². The maximum absolute atomic E-state index is 12.3. The molecule has 0 aromatic heterocycles. The van der Waals surface area contributed by atoms with Crippen molar-refractivity contribution < 1.29 is 9.90 Å². The van der Waals surface area contributed by atoms with Crippen LogP contribution in [0, 0.1) is 17.3 Å². The van der Waals surface area contributed by atoms with Crippen LogP contribution in [0.1, 0.15) is 56.1 Å². The third-order valence-electron chi connectivity index (χ3n) is 6.42. The van der Waals surface area contributed by atoms with Crippen molar-refractivity contribution in [2.24, 2.45) is 17.3 Å². The summed E-state index contributed by atoms with van der Waals surface area (Å²) in [7, 11) is 0. The summed E-state index contributed by atoms with van der Waals surface area (Å²) in [4.78, 5) is 12.3. The van der Waals surface area contributed by atoms with Crippen LogP contribution >= 0.6 is 0 Å². The molecule has 0 radical (unpaired) electrons. The maximum Gasteiger partial charge on any atom is 0.139 e. The highest BCUT2D eigenvalue weighted by molar-refractivity contribution is 5.87. The van der Waals surface area contributed by atoms with E-state index in [-0.39, 0.29) is 5.41 Å². The number of benzene rings is 1. The van der Waals surface area contributed by atoms with Crippen molar-refractivity contribution in [1.29, 1.82) is 0 Å². The third-order valence-corrected chi connectivity index (χ3v) is 6.42. The van der Waals surface area contributed by atoms with Crippen molar-refractivity contribution in [3.05, 3.63) is 29.3 Å². The molecule has 3 aliphatic carbocycles. The van der Waals surface area contributed by atoms with Crippen LogP contribution in [0.5, 0.6) is 5.75 Å². The van der Waals surface area contributed by atoms with Crippen molar-refractivity contribution in [3.63, 3.8) is 0 Å². The standard InChI is InChI=1S/C18H22O2/c1-18-9-8-14-13-5-3-12(19)10-11(13)2-4-15(14)16(18)6-7-17(18)20/h3,5,10,14-16,19H,2,4,6-9H2,1H3/t14-,15+,16+,18+/m1/s1. The van der Waals surface area contributed by atoms with Crippen molar-refractivity contribution in [2.45, 2.75) is 51.4 Å². The van der Waals surface area contributed by atoms with Gasteiger partial charge in [-0.25, -0.2) is 0 Å². The monoisotopic (exact) mass is 270 g/mol. The van der Waals surface area contributed by atoms with Gasteiger partial charge in [0.1, 0.15) is 11.5 Å². The number of carbonyl (C=O) groups is 1. The second-order valence-corrected chi connectivity index (χ2v) is 7.22. The number of aryl methyl sites for hydroxylation is 1. The van der Waals surface area contributed by atoms with Crippen LogP contribution in [0.15, 0.2) is 18.2 Å². The largest absolute Gasteiger partial charge is 0.508 e. The highest BCUT2D eigenvalue weighted by atomic mass is 16.3. The molecule has 4 rings (SSSR count). The first-order valence-corrected chi connectivity index (χ1v) is 7.95. The SMILES string of the molecule is C[C@]12CC[C@@H]3c4ccc(O)cc4CC[C@@H]3[C@@H]1CCC2=O. The smallest absolute Gasteiger partial charge is 0.139 e. The lowest BCUT2D eigenvalue weighted by Gasteiger charge is -2.48. The second-order valence-electron chi connectivity index (χ2n) is 7.22. The molecule has 2 saturated carbocycles. The Morgan fingerprint density at radius 3 is 2.90 bits per heavy atom. The van der Waals surface area contributed by atoms with Gasteiger partial charge in [-0.3, -0.25) is 4.79 Å². The Balaban J connectivity index is 1.73. The molecule has 4 atom stereocenters. The zero-order valence-electron chi connectivity index (χ0n) is 12.1. The maximum atomic E-state index is 12.3. The molecule has 20 heavy (non-hydrogen) atoms. The lowest BCUT2D eigenvalue weighted by atomic mass is 9.55. The van der Waals surface area contributed by atoms with Gasteiger partial charge in [0.05, 0.1) is 0 Å². The summed E-state index contributed by atoms with van der Waals surface area (Å²) in [6.07, 6.45) is 6.34. The number of rotatable bonds is 0. The molecule has 0 saturated heterocycles. The predicted octanol–water partition coefficient (Wildman–Crippen LogP) is 3.82. The molecular weight excluding hydrogens is 248 g/mol. The number of ketones is 1. The summed E-state index contributed by atoms with van der Waals surface area (Å²) in [5, 5.41) is 9.67. The Morgan fingerprint density at radius 2 is 2.05 bits per heavy atom. The molecule has 0 bridgehead atoms. The summed E-state index contributed by atoms with van der Waals surface area (Å²) < 4.78 is 0. The highest BCUT2D eigenvalue weighted by Gasteiger charge is 2.54. The third kappa shape index (κ3) is 1.54. The van der Waals surface area contributed by atoms with Crippen LogP contribution in [0.4, 0.5) is 0 Å². The quantitative estimate of drug-likeness (QED) is 0.778. The molecule has 0 amide bonds. The molecule has 0 aliphatic heterocycles. The molecular formula is C18H22O2. The van der Waals surface area contributed by atoms with E-state index in [0.717, 1.165) is 32.1 Å². The normalized spacial score (nSPS) is 39.0. The van der Waals surface area contributed by atoms with Gasteiger partial charge in [0.15, 0.2) is 0 Å². The van der Waals surface area contributed by atoms with Gasteiger partial charge >= 0.3 is 0 Å². The first kappa shape index (κ1) is 12.4. The van der Waals surface area contributed by atoms with Gasteiger partial charge in [-0.2, -0.15) is 0 Å². The van der Waals surface area contributed by atoms with Crippen molar-refractivity contribution in [2.75, 3.05) is 0 Å². The molecule has 2 nitrogen and oxygen atoms in total. The number of phenols is 1. The Kier molecular flexibility index (Phi) is 2.55. The van der Waals surface area contributed by atoms with E-state index in [1.165, 1.54) is 17.5 Å². The Hall–Kier alpha value is -1.31. The average Bonchev–Trinajstić information content (AvgIpc) is 2.74. The molecule has 1 aromatic carbocycles. The zero-order valence-corrected chi connectivity index (χ0v) is 12.1. The van der Waals surface area contributed by atoms with Crippen LogP contribution in [0.25, 0.3) is 0 Å². The van der Waals surface area contributed by atoms with Gasteiger partial charge in [0.25, 0.3) is 0 Å². The minimum Gasteiger partial charge on any atom is -0.508 e. The van der Waals surface area contributed by atoms with E-state index in [9.17, 15) is 9.90 Å². The summed E-state index contributed by atoms with van der Waals surface area (Å²) in [6, 6.07) is 5.90. The first-order valence-electron chi connectivity index (χ1n) is 7.95. The fourth-order valence-corrected chi connectivity index (χ4v) is 5.34. The number of hydrogen-bond donors (Lipinski definition) is 1. The van der Waals surface area contributed by atoms with Gasteiger partial charge in [0.2, 0.25) is 0 Å². The molecule has 2 fully saturated rings. The Bertz CT molecular complexity index is 577. The van der Waals surface area contributed by atoms with Gasteiger partial charge < -0.3 is 5.11 Å². The van der Waals surface area contributed by atoms with E-state index in [0.29, 0.717) is 29.3 Å². The second kappa shape index (κ2) is 4.09. The molecule has 0 unspecified atom stereocenters. The molecule has 106 valence electrons. The summed E-state index contributed by atoms with van der Waals surface area (Å²) >= 11 is 0. The highest BCUT2D eigenvalue weighted by Crippen LogP contribution is 2.59. The number of phenolic OH excluding ortho intramolecular Hbond substituents is 1. The van der Waals surface area contributed by atoms with Gasteiger partial charge in [0, 0.05) is 11.8 Å². The minimum absolute atomic E-state index is 0.0322. The fourth-order valence-electron chi connectivity index (χ4n) is 5.34. The molecule has 1 N–H and O–H groups in total. The minimum atomic E-state index is -0.0322. The molecule has 0 heterocycles. The van der Waals surface area contributed by atoms with Crippen molar-refractivity contribution in [3.8, 4) is 5.75 Å². The van der Waals surface area contributed by atoms with Crippen LogP contribution in [-0.4, -0.2) is 10.9 Å². The first-order chi connectivity index (χ1) is 9.59. The Labute approximate surface area is 120 Å². The van der Waals surface area contributed by atoms with Crippen LogP contribution in [0.2, 0.25) is 0 Å². The lowest BCUT2D eigenvalue weighted by molar-refractivity contribution is -0.129. The number of Topliss-reactive ketones (excluding diaryl/α,β-unsaturated/α-hetero) is 1. The van der Waals surface area contributed by atoms with Crippen molar-refractivity contribution >= 4 is 5.78 Å². The number of aromatic hydroxyl groups is 1. The molecule has 0 spiro atoms. The summed E-state index contributed by atoms with van der Waals surface area (Å²) in [5.41, 5.74) is 2.75. The van der Waals surface area contributed by atoms with E-state index < -0.39 is 0 Å². The van der Waals surface area contributed by atoms with E-state index in [1.807, 2.05) is 12.1 Å². The average molecular weight is 270 g/mol. The summed E-state index contributed by atoms with van der Waals surface area (Å²) in [6.45, 7) is 2.22. The zero-order chi connectivity index (χ0) is 13.9. The van der Waals surface area contributed by atoms with E-state index in [1.54, 1.807) is 0 Å². The van der Waals surface area contributed by atoms with Gasteiger partial charge in [-0.05, 0) is 73.1 Å². The van der Waals surface area contributed by atoms with Gasteiger partial charge in [-0.15, -0.1) is 0 Å². The molecule has 3 aliphatic rings. The molecule has 2 heteroatoms. The van der Waals surface area contributed by atoms with Crippen LogP contribution < -0.4 is 0 Å². The van der Waals surface area contributed by atoms with Crippen molar-refractivity contribution in [1.82, 2.24) is 0 Å². The van der Waals surface area contributed by atoms with Crippen LogP contribution in [0.3, 0.4) is 0 Å². The number of fused-ring (bicyclic) bond motifs is 5. The lowest BCUT2D eigenvalue weighted by Crippen LogP contribution is -2.42.